The molecular formula is C18H23ClN2O. The molecule has 1 amide bonds. The van der Waals surface area contributed by atoms with E-state index in [0.717, 1.165) is 36.3 Å². The van der Waals surface area contributed by atoms with Gasteiger partial charge in [0.1, 0.15) is 0 Å². The van der Waals surface area contributed by atoms with Crippen LogP contribution in [0.15, 0.2) is 24.3 Å². The van der Waals surface area contributed by atoms with Crippen molar-refractivity contribution in [1.82, 2.24) is 10.6 Å². The van der Waals surface area contributed by atoms with Crippen molar-refractivity contribution in [3.63, 3.8) is 0 Å². The summed E-state index contributed by atoms with van der Waals surface area (Å²) in [5, 5.41) is 7.67. The fraction of sp³-hybridized carbons (Fsp3) is 0.611. The molecule has 0 aromatic heterocycles. The van der Waals surface area contributed by atoms with E-state index in [0.29, 0.717) is 24.4 Å². The predicted molar refractivity (Wildman–Crippen MR) is 87.8 cm³/mol. The van der Waals surface area contributed by atoms with Crippen LogP contribution in [0.1, 0.15) is 50.5 Å². The molecule has 0 radical (unpaired) electrons. The zero-order valence-corrected chi connectivity index (χ0v) is 13.5. The molecule has 2 bridgehead atoms. The lowest BCUT2D eigenvalue weighted by molar-refractivity contribution is -0.123. The van der Waals surface area contributed by atoms with Gasteiger partial charge in [-0.05, 0) is 62.1 Å². The van der Waals surface area contributed by atoms with E-state index in [-0.39, 0.29) is 11.4 Å². The number of amides is 1. The minimum atomic E-state index is -0.145. The summed E-state index contributed by atoms with van der Waals surface area (Å²) in [4.78, 5) is 12.5. The van der Waals surface area contributed by atoms with Gasteiger partial charge in [-0.1, -0.05) is 23.7 Å². The normalized spacial score (nSPS) is 31.8. The van der Waals surface area contributed by atoms with E-state index in [1.54, 1.807) is 0 Å². The van der Waals surface area contributed by atoms with E-state index >= 15 is 0 Å². The molecule has 1 aromatic carbocycles. The van der Waals surface area contributed by atoms with Gasteiger partial charge in [-0.25, -0.2) is 0 Å². The number of benzene rings is 1. The van der Waals surface area contributed by atoms with Crippen molar-refractivity contribution in [2.45, 2.75) is 62.6 Å². The van der Waals surface area contributed by atoms with Gasteiger partial charge in [0, 0.05) is 23.5 Å². The van der Waals surface area contributed by atoms with E-state index in [2.05, 4.69) is 16.7 Å². The Morgan fingerprint density at radius 3 is 2.64 bits per heavy atom. The highest BCUT2D eigenvalue weighted by molar-refractivity contribution is 6.30. The first kappa shape index (κ1) is 14.5. The molecule has 2 saturated heterocycles. The summed E-state index contributed by atoms with van der Waals surface area (Å²) in [6.45, 7) is 0. The number of rotatable bonds is 4. The van der Waals surface area contributed by atoms with Crippen LogP contribution in [-0.2, 0) is 10.3 Å². The summed E-state index contributed by atoms with van der Waals surface area (Å²) < 4.78 is 0. The minimum absolute atomic E-state index is 0.145. The lowest BCUT2D eigenvalue weighted by Gasteiger charge is -2.29. The fourth-order valence-corrected chi connectivity index (χ4v) is 4.51. The van der Waals surface area contributed by atoms with Gasteiger partial charge >= 0.3 is 0 Å². The van der Waals surface area contributed by atoms with Gasteiger partial charge in [-0.15, -0.1) is 0 Å². The molecule has 3 aliphatic rings. The first-order chi connectivity index (χ1) is 10.6. The van der Waals surface area contributed by atoms with E-state index in [1.165, 1.54) is 12.8 Å². The molecule has 2 unspecified atom stereocenters. The molecule has 118 valence electrons. The van der Waals surface area contributed by atoms with E-state index < -0.39 is 0 Å². The summed E-state index contributed by atoms with van der Waals surface area (Å²) in [5.41, 5.74) is 1.01. The molecule has 3 fully saturated rings. The summed E-state index contributed by atoms with van der Waals surface area (Å²) in [6, 6.07) is 9.21. The van der Waals surface area contributed by atoms with Gasteiger partial charge < -0.3 is 10.6 Å². The third-order valence-corrected chi connectivity index (χ3v) is 5.79. The number of carbonyl (C=O) groups excluding carboxylic acids is 1. The van der Waals surface area contributed by atoms with Crippen LogP contribution < -0.4 is 10.6 Å². The maximum Gasteiger partial charge on any atom is 0.220 e. The van der Waals surface area contributed by atoms with Crippen LogP contribution >= 0.6 is 11.6 Å². The quantitative estimate of drug-likeness (QED) is 0.893. The number of carbonyl (C=O) groups is 1. The molecule has 2 atom stereocenters. The van der Waals surface area contributed by atoms with Crippen LogP contribution in [-0.4, -0.2) is 18.0 Å². The number of nitrogens with one attached hydrogen (secondary N) is 2. The molecular weight excluding hydrogens is 296 g/mol. The second-order valence-corrected chi connectivity index (χ2v) is 7.76. The Morgan fingerprint density at radius 1 is 1.27 bits per heavy atom. The average molecular weight is 319 g/mol. The molecule has 3 nitrogen and oxygen atoms in total. The van der Waals surface area contributed by atoms with Crippen LogP contribution in [0.25, 0.3) is 0 Å². The van der Waals surface area contributed by atoms with Crippen molar-refractivity contribution in [3.8, 4) is 0 Å². The number of hydrogen-bond donors (Lipinski definition) is 2. The van der Waals surface area contributed by atoms with Gasteiger partial charge in [0.15, 0.2) is 0 Å². The van der Waals surface area contributed by atoms with Crippen LogP contribution in [0.3, 0.4) is 0 Å². The zero-order valence-electron chi connectivity index (χ0n) is 12.8. The maximum atomic E-state index is 12.5. The third kappa shape index (κ3) is 2.89. The Morgan fingerprint density at radius 2 is 2.00 bits per heavy atom. The van der Waals surface area contributed by atoms with Gasteiger partial charge in [0.2, 0.25) is 5.91 Å². The molecule has 4 rings (SSSR count). The third-order valence-electron chi connectivity index (χ3n) is 5.55. The van der Waals surface area contributed by atoms with Crippen molar-refractivity contribution in [2.75, 3.05) is 0 Å². The highest BCUT2D eigenvalue weighted by Gasteiger charge is 2.46. The molecule has 4 heteroatoms. The molecule has 2 heterocycles. The molecule has 1 aromatic rings. The Kier molecular flexibility index (Phi) is 3.66. The smallest absolute Gasteiger partial charge is 0.220 e. The Bertz CT molecular complexity index is 572. The predicted octanol–water partition coefficient (Wildman–Crippen LogP) is 3.37. The monoisotopic (exact) mass is 318 g/mol. The van der Waals surface area contributed by atoms with E-state index in [1.807, 2.05) is 18.2 Å². The number of piperidine rings is 1. The highest BCUT2D eigenvalue weighted by atomic mass is 35.5. The Balaban J connectivity index is 1.38. The molecule has 2 N–H and O–H groups in total. The van der Waals surface area contributed by atoms with Crippen molar-refractivity contribution < 1.29 is 4.79 Å². The van der Waals surface area contributed by atoms with Crippen LogP contribution in [0.4, 0.5) is 0 Å². The second-order valence-electron chi connectivity index (χ2n) is 7.32. The molecule has 1 aliphatic carbocycles. The van der Waals surface area contributed by atoms with Crippen LogP contribution in [0, 0.1) is 5.92 Å². The van der Waals surface area contributed by atoms with Gasteiger partial charge in [-0.2, -0.15) is 0 Å². The lowest BCUT2D eigenvalue weighted by Crippen LogP contribution is -2.41. The van der Waals surface area contributed by atoms with Gasteiger partial charge in [0.05, 0.1) is 5.54 Å². The highest BCUT2D eigenvalue weighted by Crippen LogP contribution is 2.46. The lowest BCUT2D eigenvalue weighted by atomic mass is 9.89. The summed E-state index contributed by atoms with van der Waals surface area (Å²) >= 11 is 6.09. The summed E-state index contributed by atoms with van der Waals surface area (Å²) in [7, 11) is 0. The van der Waals surface area contributed by atoms with E-state index in [4.69, 9.17) is 11.6 Å². The fourth-order valence-electron chi connectivity index (χ4n) is 4.32. The topological polar surface area (TPSA) is 41.1 Å². The standard InChI is InChI=1S/C18H23ClN2O/c19-14-3-1-2-13(11-14)18(6-7-18)21-17(22)10-12-8-15-4-5-16(9-12)20-15/h1-3,11-12,15-16,20H,4-10H2,(H,21,22). The number of halogens is 1. The van der Waals surface area contributed by atoms with Crippen LogP contribution in [0.5, 0.6) is 0 Å². The molecule has 1 saturated carbocycles. The van der Waals surface area contributed by atoms with Crippen LogP contribution in [0.2, 0.25) is 5.02 Å². The minimum Gasteiger partial charge on any atom is -0.347 e. The number of hydrogen-bond acceptors (Lipinski definition) is 2. The summed E-state index contributed by atoms with van der Waals surface area (Å²) in [6.07, 6.45) is 7.62. The molecule has 0 spiro atoms. The van der Waals surface area contributed by atoms with Gasteiger partial charge in [-0.3, -0.25) is 4.79 Å². The Labute approximate surface area is 136 Å². The zero-order chi connectivity index (χ0) is 15.2. The average Bonchev–Trinajstić information content (AvgIpc) is 3.18. The molecule has 22 heavy (non-hydrogen) atoms. The van der Waals surface area contributed by atoms with Crippen molar-refractivity contribution in [3.05, 3.63) is 34.9 Å². The molecule has 2 aliphatic heterocycles. The summed E-state index contributed by atoms with van der Waals surface area (Å²) in [5.74, 6) is 0.762. The van der Waals surface area contributed by atoms with Crippen molar-refractivity contribution >= 4 is 17.5 Å². The van der Waals surface area contributed by atoms with E-state index in [9.17, 15) is 4.79 Å². The first-order valence-corrected chi connectivity index (χ1v) is 8.84. The maximum absolute atomic E-state index is 12.5. The second kappa shape index (κ2) is 5.54. The SMILES string of the molecule is O=C(CC1CC2CCC(C1)N2)NC1(c2cccc(Cl)c2)CC1. The first-order valence-electron chi connectivity index (χ1n) is 8.46. The largest absolute Gasteiger partial charge is 0.347 e. The number of fused-ring (bicyclic) bond motifs is 2. The van der Waals surface area contributed by atoms with Crippen molar-refractivity contribution in [1.29, 1.82) is 0 Å². The Hall–Kier alpha value is -1.06. The van der Waals surface area contributed by atoms with Gasteiger partial charge in [0.25, 0.3) is 0 Å². The van der Waals surface area contributed by atoms with Crippen molar-refractivity contribution in [2.24, 2.45) is 5.92 Å².